The Morgan fingerprint density at radius 2 is 1.50 bits per heavy atom. The van der Waals surface area contributed by atoms with Crippen molar-refractivity contribution < 1.29 is 21.6 Å². The second kappa shape index (κ2) is 10.6. The lowest BCUT2D eigenvalue weighted by atomic mass is 10.2. The molecular weight excluding hydrogens is 498 g/mol. The number of carbonyl (C=O) groups is 1. The number of sulfonamides is 2. The number of hydrogen-bond donors (Lipinski definition) is 2. The minimum absolute atomic E-state index is 0.110. The molecule has 0 heterocycles. The minimum Gasteiger partial charge on any atom is -0.322 e. The highest BCUT2D eigenvalue weighted by Crippen LogP contribution is 2.25. The molecule has 0 unspecified atom stereocenters. The summed E-state index contributed by atoms with van der Waals surface area (Å²) in [5, 5.41) is 2.89. The zero-order valence-corrected chi connectivity index (χ0v) is 20.9. The van der Waals surface area contributed by atoms with Crippen molar-refractivity contribution in [3.63, 3.8) is 0 Å². The first-order valence-corrected chi connectivity index (χ1v) is 13.7. The lowest BCUT2D eigenvalue weighted by Crippen LogP contribution is -2.30. The third kappa shape index (κ3) is 5.76. The molecule has 1 amide bonds. The van der Waals surface area contributed by atoms with Crippen LogP contribution < -0.4 is 10.0 Å². The predicted octanol–water partition coefficient (Wildman–Crippen LogP) is 4.42. The predicted molar refractivity (Wildman–Crippen MR) is 133 cm³/mol. The van der Waals surface area contributed by atoms with Gasteiger partial charge in [-0.3, -0.25) is 9.52 Å². The van der Waals surface area contributed by atoms with Crippen LogP contribution in [0.2, 0.25) is 5.02 Å². The molecule has 0 aliphatic rings. The molecule has 0 saturated carbocycles. The lowest BCUT2D eigenvalue weighted by molar-refractivity contribution is 0.102. The van der Waals surface area contributed by atoms with Gasteiger partial charge in [0, 0.05) is 24.3 Å². The Morgan fingerprint density at radius 1 is 0.853 bits per heavy atom. The Balaban J connectivity index is 1.78. The Kier molecular flexibility index (Phi) is 7.98. The smallest absolute Gasteiger partial charge is 0.261 e. The molecule has 11 heteroatoms. The average molecular weight is 522 g/mol. The summed E-state index contributed by atoms with van der Waals surface area (Å²) in [6.45, 7) is 4.21. The van der Waals surface area contributed by atoms with Crippen LogP contribution in [0.1, 0.15) is 24.2 Å². The second-order valence-electron chi connectivity index (χ2n) is 7.18. The van der Waals surface area contributed by atoms with Crippen LogP contribution in [0.25, 0.3) is 0 Å². The molecule has 3 aromatic rings. The molecule has 0 aliphatic carbocycles. The molecule has 0 atom stereocenters. The number of rotatable bonds is 9. The fourth-order valence-corrected chi connectivity index (χ4v) is 6.00. The van der Waals surface area contributed by atoms with Gasteiger partial charge in [0.25, 0.3) is 15.9 Å². The van der Waals surface area contributed by atoms with E-state index >= 15 is 0 Å². The number of anilines is 2. The van der Waals surface area contributed by atoms with Crippen LogP contribution in [0.3, 0.4) is 0 Å². The van der Waals surface area contributed by atoms with E-state index in [4.69, 9.17) is 11.6 Å². The summed E-state index contributed by atoms with van der Waals surface area (Å²) >= 11 is 6.03. The summed E-state index contributed by atoms with van der Waals surface area (Å²) in [6, 6.07) is 17.7. The van der Waals surface area contributed by atoms with Crippen molar-refractivity contribution in [1.82, 2.24) is 4.31 Å². The van der Waals surface area contributed by atoms with E-state index in [9.17, 15) is 21.6 Å². The molecule has 0 radical (unpaired) electrons. The number of benzene rings is 3. The highest BCUT2D eigenvalue weighted by atomic mass is 35.5. The summed E-state index contributed by atoms with van der Waals surface area (Å²) in [5.74, 6) is -0.547. The SMILES string of the molecule is CCN(CC)S(=O)(=O)c1ccc(NC(=O)c2cccc(S(=O)(=O)Nc3ccccc3Cl)c2)cc1. The van der Waals surface area contributed by atoms with Crippen molar-refractivity contribution in [3.05, 3.63) is 83.4 Å². The zero-order chi connectivity index (χ0) is 24.9. The Morgan fingerprint density at radius 3 is 2.12 bits per heavy atom. The quantitative estimate of drug-likeness (QED) is 0.432. The maximum Gasteiger partial charge on any atom is 0.261 e. The lowest BCUT2D eigenvalue weighted by Gasteiger charge is -2.18. The number of amides is 1. The average Bonchev–Trinajstić information content (AvgIpc) is 2.81. The molecule has 0 saturated heterocycles. The maximum atomic E-state index is 12.8. The van der Waals surface area contributed by atoms with Gasteiger partial charge in [-0.25, -0.2) is 16.8 Å². The molecule has 8 nitrogen and oxygen atoms in total. The van der Waals surface area contributed by atoms with E-state index in [1.54, 1.807) is 32.0 Å². The molecule has 0 aliphatic heterocycles. The Bertz CT molecular complexity index is 1390. The molecule has 3 aromatic carbocycles. The van der Waals surface area contributed by atoms with Crippen molar-refractivity contribution in [3.8, 4) is 0 Å². The first-order chi connectivity index (χ1) is 16.1. The summed E-state index contributed by atoms with van der Waals surface area (Å²) in [6.07, 6.45) is 0. The molecule has 0 bridgehead atoms. The molecular formula is C23H24ClN3O5S2. The van der Waals surface area contributed by atoms with E-state index < -0.39 is 26.0 Å². The fraction of sp³-hybridized carbons (Fsp3) is 0.174. The Hall–Kier alpha value is -2.92. The molecule has 2 N–H and O–H groups in total. The molecule has 0 fully saturated rings. The van der Waals surface area contributed by atoms with Crippen LogP contribution >= 0.6 is 11.6 Å². The van der Waals surface area contributed by atoms with Crippen LogP contribution in [0.5, 0.6) is 0 Å². The van der Waals surface area contributed by atoms with Gasteiger partial charge in [-0.15, -0.1) is 0 Å². The third-order valence-electron chi connectivity index (χ3n) is 4.98. The molecule has 3 rings (SSSR count). The monoisotopic (exact) mass is 521 g/mol. The van der Waals surface area contributed by atoms with Crippen molar-refractivity contribution in [1.29, 1.82) is 0 Å². The number of halogens is 1. The standard InChI is InChI=1S/C23H24ClN3O5S2/c1-3-27(4-2)34(31,32)19-14-12-18(13-15-19)25-23(28)17-8-7-9-20(16-17)33(29,30)26-22-11-6-5-10-21(22)24/h5-16,26H,3-4H2,1-2H3,(H,25,28). The second-order valence-corrected chi connectivity index (χ2v) is 11.2. The third-order valence-corrected chi connectivity index (χ3v) is 8.74. The van der Waals surface area contributed by atoms with Crippen molar-refractivity contribution in [2.75, 3.05) is 23.1 Å². The van der Waals surface area contributed by atoms with Crippen LogP contribution in [-0.4, -0.2) is 40.1 Å². The van der Waals surface area contributed by atoms with E-state index in [0.29, 0.717) is 18.8 Å². The highest BCUT2D eigenvalue weighted by molar-refractivity contribution is 7.92. The number of nitrogens with zero attached hydrogens (tertiary/aromatic N) is 1. The van der Waals surface area contributed by atoms with Gasteiger partial charge in [-0.05, 0) is 54.6 Å². The van der Waals surface area contributed by atoms with E-state index in [0.717, 1.165) is 0 Å². The normalized spacial score (nSPS) is 11.9. The van der Waals surface area contributed by atoms with Gasteiger partial charge in [0.1, 0.15) is 0 Å². The largest absolute Gasteiger partial charge is 0.322 e. The van der Waals surface area contributed by atoms with Crippen molar-refractivity contribution >= 4 is 48.9 Å². The highest BCUT2D eigenvalue weighted by Gasteiger charge is 2.22. The maximum absolute atomic E-state index is 12.8. The number of hydrogen-bond acceptors (Lipinski definition) is 5. The van der Waals surface area contributed by atoms with Crippen molar-refractivity contribution in [2.24, 2.45) is 0 Å². The summed E-state index contributed by atoms with van der Waals surface area (Å²) in [4.78, 5) is 12.7. The number of nitrogens with one attached hydrogen (secondary N) is 2. The van der Waals surface area contributed by atoms with Crippen molar-refractivity contribution in [2.45, 2.75) is 23.6 Å². The van der Waals surface area contributed by atoms with E-state index in [1.165, 1.54) is 58.9 Å². The van der Waals surface area contributed by atoms with Gasteiger partial charge < -0.3 is 5.32 Å². The fourth-order valence-electron chi connectivity index (χ4n) is 3.18. The van der Waals surface area contributed by atoms with Gasteiger partial charge in [-0.1, -0.05) is 43.6 Å². The van der Waals surface area contributed by atoms with Crippen LogP contribution in [0, 0.1) is 0 Å². The zero-order valence-electron chi connectivity index (χ0n) is 18.5. The van der Waals surface area contributed by atoms with Gasteiger partial charge in [0.15, 0.2) is 0 Å². The Labute approximate surface area is 204 Å². The minimum atomic E-state index is -3.99. The van der Waals surface area contributed by atoms with E-state index in [2.05, 4.69) is 10.0 Å². The first-order valence-electron chi connectivity index (χ1n) is 10.4. The molecule has 0 spiro atoms. The summed E-state index contributed by atoms with van der Waals surface area (Å²) < 4.78 is 54.5. The molecule has 0 aromatic heterocycles. The first kappa shape index (κ1) is 25.7. The van der Waals surface area contributed by atoms with Gasteiger partial charge in [-0.2, -0.15) is 4.31 Å². The number of para-hydroxylation sites is 1. The van der Waals surface area contributed by atoms with E-state index in [1.807, 2.05) is 0 Å². The van der Waals surface area contributed by atoms with Crippen LogP contribution in [-0.2, 0) is 20.0 Å². The summed E-state index contributed by atoms with van der Waals surface area (Å²) in [5.41, 5.74) is 0.701. The summed E-state index contributed by atoms with van der Waals surface area (Å²) in [7, 11) is -7.60. The van der Waals surface area contributed by atoms with Gasteiger partial charge in [0.2, 0.25) is 10.0 Å². The van der Waals surface area contributed by atoms with Crippen LogP contribution in [0.4, 0.5) is 11.4 Å². The molecule has 34 heavy (non-hydrogen) atoms. The van der Waals surface area contributed by atoms with Gasteiger partial charge >= 0.3 is 0 Å². The topological polar surface area (TPSA) is 113 Å². The van der Waals surface area contributed by atoms with Crippen LogP contribution in [0.15, 0.2) is 82.6 Å². The van der Waals surface area contributed by atoms with E-state index in [-0.39, 0.29) is 26.1 Å². The number of carbonyl (C=O) groups excluding carboxylic acids is 1. The molecule has 180 valence electrons. The van der Waals surface area contributed by atoms with Gasteiger partial charge in [0.05, 0.1) is 20.5 Å².